The van der Waals surface area contributed by atoms with E-state index in [2.05, 4.69) is 30.5 Å². The summed E-state index contributed by atoms with van der Waals surface area (Å²) in [7, 11) is -4.76. The fraction of sp³-hybridized carbons (Fsp3) is 0.915. The SMILES string of the molecule is CCCCCCCCCC/C=C/CCCCCC(=O)O[C@H](COC(=O)CCCCCCCCCCCCCCCCCCCCCCCCC)COP(=O)(O)O. The first-order chi connectivity index (χ1) is 27.3. The van der Waals surface area contributed by atoms with E-state index in [1.165, 1.54) is 180 Å². The summed E-state index contributed by atoms with van der Waals surface area (Å²) in [6, 6.07) is 0. The Balaban J connectivity index is 3.78. The summed E-state index contributed by atoms with van der Waals surface area (Å²) < 4.78 is 26.5. The topological polar surface area (TPSA) is 119 Å². The molecule has 1 atom stereocenters. The maximum Gasteiger partial charge on any atom is 0.469 e. The predicted molar refractivity (Wildman–Crippen MR) is 235 cm³/mol. The van der Waals surface area contributed by atoms with Gasteiger partial charge in [0.2, 0.25) is 0 Å². The quantitative estimate of drug-likeness (QED) is 0.0270. The van der Waals surface area contributed by atoms with E-state index >= 15 is 0 Å². The largest absolute Gasteiger partial charge is 0.469 e. The van der Waals surface area contributed by atoms with Crippen molar-refractivity contribution in [1.82, 2.24) is 0 Å². The van der Waals surface area contributed by atoms with Crippen molar-refractivity contribution >= 4 is 19.8 Å². The first-order valence-corrected chi connectivity index (χ1v) is 25.5. The molecule has 0 saturated heterocycles. The zero-order valence-electron chi connectivity index (χ0n) is 36.8. The molecule has 0 aliphatic rings. The van der Waals surface area contributed by atoms with E-state index in [0.29, 0.717) is 6.42 Å². The van der Waals surface area contributed by atoms with Gasteiger partial charge in [0, 0.05) is 12.8 Å². The van der Waals surface area contributed by atoms with Gasteiger partial charge >= 0.3 is 19.8 Å². The Morgan fingerprint density at radius 2 is 0.750 bits per heavy atom. The molecule has 0 aromatic carbocycles. The van der Waals surface area contributed by atoms with E-state index < -0.39 is 32.5 Å². The molecule has 0 amide bonds. The van der Waals surface area contributed by atoms with Crippen LogP contribution in [0.5, 0.6) is 0 Å². The van der Waals surface area contributed by atoms with Crippen molar-refractivity contribution in [3.8, 4) is 0 Å². The van der Waals surface area contributed by atoms with Crippen molar-refractivity contribution in [3.05, 3.63) is 12.2 Å². The fourth-order valence-corrected chi connectivity index (χ4v) is 7.55. The second-order valence-electron chi connectivity index (χ2n) is 16.4. The van der Waals surface area contributed by atoms with Gasteiger partial charge < -0.3 is 19.3 Å². The van der Waals surface area contributed by atoms with Crippen LogP contribution in [0.25, 0.3) is 0 Å². The summed E-state index contributed by atoms with van der Waals surface area (Å²) in [6.45, 7) is 3.71. The van der Waals surface area contributed by atoms with Gasteiger partial charge in [-0.3, -0.25) is 14.1 Å². The molecule has 0 aliphatic carbocycles. The molecule has 0 radical (unpaired) electrons. The van der Waals surface area contributed by atoms with Crippen LogP contribution >= 0.6 is 7.82 Å². The van der Waals surface area contributed by atoms with Gasteiger partial charge in [-0.2, -0.15) is 0 Å². The molecule has 0 spiro atoms. The molecule has 0 aromatic heterocycles. The van der Waals surface area contributed by atoms with E-state index in [9.17, 15) is 14.2 Å². The van der Waals surface area contributed by atoms with Crippen molar-refractivity contribution in [2.24, 2.45) is 0 Å². The van der Waals surface area contributed by atoms with Crippen molar-refractivity contribution < 1.29 is 37.9 Å². The number of hydrogen-bond donors (Lipinski definition) is 2. The minimum Gasteiger partial charge on any atom is -0.462 e. The smallest absolute Gasteiger partial charge is 0.462 e. The van der Waals surface area contributed by atoms with Crippen LogP contribution in [0.3, 0.4) is 0 Å². The number of hydrogen-bond acceptors (Lipinski definition) is 6. The number of carbonyl (C=O) groups excluding carboxylic acids is 2. The molecule has 0 rings (SSSR count). The zero-order valence-corrected chi connectivity index (χ0v) is 37.7. The first kappa shape index (κ1) is 54.8. The van der Waals surface area contributed by atoms with Gasteiger partial charge in [-0.15, -0.1) is 0 Å². The number of phosphoric acid groups is 1. The number of allylic oxidation sites excluding steroid dienone is 2. The van der Waals surface area contributed by atoms with Gasteiger partial charge in [0.1, 0.15) is 6.61 Å². The van der Waals surface area contributed by atoms with Crippen LogP contribution in [-0.4, -0.2) is 41.0 Å². The number of esters is 2. The number of phosphoric ester groups is 1. The Bertz CT molecular complexity index is 920. The fourth-order valence-electron chi connectivity index (χ4n) is 7.19. The molecule has 0 heterocycles. The van der Waals surface area contributed by atoms with Gasteiger partial charge in [0.05, 0.1) is 6.61 Å². The van der Waals surface area contributed by atoms with E-state index in [1.54, 1.807) is 0 Å². The first-order valence-electron chi connectivity index (χ1n) is 24.0. The third kappa shape index (κ3) is 45.5. The van der Waals surface area contributed by atoms with Crippen LogP contribution in [0.4, 0.5) is 0 Å². The summed E-state index contributed by atoms with van der Waals surface area (Å²) in [5.74, 6) is -0.887. The average molecular weight is 815 g/mol. The van der Waals surface area contributed by atoms with E-state index in [1.807, 2.05) is 0 Å². The molecule has 0 unspecified atom stereocenters. The molecule has 8 nitrogen and oxygen atoms in total. The van der Waals surface area contributed by atoms with Crippen molar-refractivity contribution in [3.63, 3.8) is 0 Å². The number of ether oxygens (including phenoxy) is 2. The van der Waals surface area contributed by atoms with E-state index in [-0.39, 0.29) is 19.4 Å². The summed E-state index contributed by atoms with van der Waals surface area (Å²) in [5.41, 5.74) is 0. The Hall–Kier alpha value is -1.21. The molecule has 56 heavy (non-hydrogen) atoms. The second kappa shape index (κ2) is 43.4. The lowest BCUT2D eigenvalue weighted by Crippen LogP contribution is -2.29. The highest BCUT2D eigenvalue weighted by atomic mass is 31.2. The maximum atomic E-state index is 12.4. The lowest BCUT2D eigenvalue weighted by molar-refractivity contribution is -0.161. The molecule has 0 bridgehead atoms. The highest BCUT2D eigenvalue weighted by Crippen LogP contribution is 2.36. The molecule has 2 N–H and O–H groups in total. The third-order valence-electron chi connectivity index (χ3n) is 10.8. The molecule has 0 fully saturated rings. The molecule has 0 aliphatic heterocycles. The average Bonchev–Trinajstić information content (AvgIpc) is 3.17. The normalized spacial score (nSPS) is 12.4. The summed E-state index contributed by atoms with van der Waals surface area (Å²) in [6.07, 6.45) is 49.5. The van der Waals surface area contributed by atoms with Crippen molar-refractivity contribution in [1.29, 1.82) is 0 Å². The molecule has 9 heteroatoms. The van der Waals surface area contributed by atoms with Crippen molar-refractivity contribution in [2.45, 2.75) is 264 Å². The lowest BCUT2D eigenvalue weighted by atomic mass is 10.0. The standard InChI is InChI=1S/C47H91O8P/c1-3-5-7-9-11-13-15-17-19-20-21-22-23-24-25-26-28-29-31-33-35-37-39-41-46(48)53-43-45(44-54-56(50,51)52)55-47(49)42-40-38-36-34-32-30-27-18-16-14-12-10-8-6-4-2/h30,32,45H,3-29,31,33-44H2,1-2H3,(H2,50,51,52)/b32-30+/t45-/m1/s1. The van der Waals surface area contributed by atoms with Gasteiger partial charge in [0.15, 0.2) is 6.10 Å². The van der Waals surface area contributed by atoms with Gasteiger partial charge in [0.25, 0.3) is 0 Å². The predicted octanol–water partition coefficient (Wildman–Crippen LogP) is 15.0. The minimum absolute atomic E-state index is 0.196. The zero-order chi connectivity index (χ0) is 41.1. The van der Waals surface area contributed by atoms with E-state index in [0.717, 1.165) is 44.9 Å². The molecule has 0 saturated carbocycles. The summed E-state index contributed by atoms with van der Waals surface area (Å²) >= 11 is 0. The number of carbonyl (C=O) groups is 2. The summed E-state index contributed by atoms with van der Waals surface area (Å²) in [5, 5.41) is 0. The summed E-state index contributed by atoms with van der Waals surface area (Å²) in [4.78, 5) is 43.0. The Kier molecular flexibility index (Phi) is 42.4. The molecular weight excluding hydrogens is 723 g/mol. The van der Waals surface area contributed by atoms with Gasteiger partial charge in [-0.25, -0.2) is 4.57 Å². The number of rotatable bonds is 45. The van der Waals surface area contributed by atoms with Crippen LogP contribution in [0.2, 0.25) is 0 Å². The molecular formula is C47H91O8P. The van der Waals surface area contributed by atoms with E-state index in [4.69, 9.17) is 19.3 Å². The monoisotopic (exact) mass is 815 g/mol. The molecule has 0 aromatic rings. The van der Waals surface area contributed by atoms with Crippen LogP contribution in [-0.2, 0) is 28.2 Å². The minimum atomic E-state index is -4.76. The Labute approximate surface area is 346 Å². The van der Waals surface area contributed by atoms with Gasteiger partial charge in [-0.05, 0) is 38.5 Å². The van der Waals surface area contributed by atoms with Crippen LogP contribution in [0, 0.1) is 0 Å². The van der Waals surface area contributed by atoms with Gasteiger partial charge in [-0.1, -0.05) is 219 Å². The van der Waals surface area contributed by atoms with Crippen LogP contribution in [0.1, 0.15) is 258 Å². The number of unbranched alkanes of at least 4 members (excludes halogenated alkanes) is 33. The van der Waals surface area contributed by atoms with Crippen LogP contribution in [0.15, 0.2) is 12.2 Å². The molecule has 332 valence electrons. The maximum absolute atomic E-state index is 12.4. The highest BCUT2D eigenvalue weighted by molar-refractivity contribution is 7.46. The second-order valence-corrected chi connectivity index (χ2v) is 17.7. The Morgan fingerprint density at radius 1 is 0.446 bits per heavy atom. The lowest BCUT2D eigenvalue weighted by Gasteiger charge is -2.18. The highest BCUT2D eigenvalue weighted by Gasteiger charge is 2.23. The Morgan fingerprint density at radius 3 is 1.11 bits per heavy atom. The third-order valence-corrected chi connectivity index (χ3v) is 11.3. The van der Waals surface area contributed by atoms with Crippen molar-refractivity contribution in [2.75, 3.05) is 13.2 Å². The van der Waals surface area contributed by atoms with Crippen LogP contribution < -0.4 is 0 Å².